The number of hydrogen-bond acceptors (Lipinski definition) is 5. The number of aryl methyl sites for hydroxylation is 1. The molecule has 0 aromatic heterocycles. The molecule has 1 atom stereocenters. The van der Waals surface area contributed by atoms with Gasteiger partial charge in [-0.1, -0.05) is 24.3 Å². The van der Waals surface area contributed by atoms with E-state index in [1.807, 2.05) is 56.3 Å². The molecule has 2 N–H and O–H groups in total. The van der Waals surface area contributed by atoms with E-state index in [9.17, 15) is 9.59 Å². The van der Waals surface area contributed by atoms with Crippen molar-refractivity contribution in [1.82, 2.24) is 0 Å². The number of carbonyl (C=O) groups is 2. The summed E-state index contributed by atoms with van der Waals surface area (Å²) in [6.07, 6.45) is 0. The Morgan fingerprint density at radius 2 is 1.68 bits per heavy atom. The molecule has 0 aliphatic carbocycles. The molecule has 2 amide bonds. The van der Waals surface area contributed by atoms with E-state index in [0.29, 0.717) is 28.4 Å². The third-order valence-electron chi connectivity index (χ3n) is 4.80. The third-order valence-corrected chi connectivity index (χ3v) is 5.90. The van der Waals surface area contributed by atoms with Crippen molar-refractivity contribution < 1.29 is 19.1 Å². The molecule has 0 bridgehead atoms. The van der Waals surface area contributed by atoms with Crippen molar-refractivity contribution in [2.45, 2.75) is 24.0 Å². The van der Waals surface area contributed by atoms with Crippen molar-refractivity contribution >= 4 is 35.0 Å². The summed E-state index contributed by atoms with van der Waals surface area (Å²) in [5.41, 5.74) is 2.89. The lowest BCUT2D eigenvalue weighted by atomic mass is 10.1. The molecule has 31 heavy (non-hydrogen) atoms. The topological polar surface area (TPSA) is 76.7 Å². The van der Waals surface area contributed by atoms with E-state index in [1.165, 1.54) is 11.8 Å². The van der Waals surface area contributed by atoms with E-state index in [1.54, 1.807) is 24.3 Å². The molecule has 1 aliphatic heterocycles. The van der Waals surface area contributed by atoms with Gasteiger partial charge in [-0.3, -0.25) is 9.59 Å². The highest BCUT2D eigenvalue weighted by atomic mass is 32.2. The van der Waals surface area contributed by atoms with Crippen molar-refractivity contribution in [3.8, 4) is 11.5 Å². The van der Waals surface area contributed by atoms with Crippen molar-refractivity contribution in [1.29, 1.82) is 0 Å². The fourth-order valence-electron chi connectivity index (χ4n) is 3.15. The number of carbonyl (C=O) groups excluding carboxylic acids is 2. The summed E-state index contributed by atoms with van der Waals surface area (Å²) >= 11 is 1.42. The Labute approximate surface area is 185 Å². The zero-order chi connectivity index (χ0) is 21.8. The first kappa shape index (κ1) is 20.8. The van der Waals surface area contributed by atoms with E-state index in [2.05, 4.69) is 10.6 Å². The van der Waals surface area contributed by atoms with Crippen LogP contribution in [0.2, 0.25) is 0 Å². The molecule has 1 heterocycles. The maximum Gasteiger partial charge on any atom is 0.255 e. The van der Waals surface area contributed by atoms with Crippen LogP contribution in [0.4, 0.5) is 11.4 Å². The van der Waals surface area contributed by atoms with Gasteiger partial charge < -0.3 is 20.1 Å². The first-order chi connectivity index (χ1) is 15.0. The molecular weight excluding hydrogens is 412 g/mol. The van der Waals surface area contributed by atoms with E-state index in [0.717, 1.165) is 10.5 Å². The second-order valence-corrected chi connectivity index (χ2v) is 8.53. The van der Waals surface area contributed by atoms with E-state index < -0.39 is 0 Å². The number of nitrogens with one attached hydrogen (secondary N) is 2. The van der Waals surface area contributed by atoms with Gasteiger partial charge in [-0.25, -0.2) is 0 Å². The molecule has 0 radical (unpaired) electrons. The molecule has 4 rings (SSSR count). The summed E-state index contributed by atoms with van der Waals surface area (Å²) in [6, 6.07) is 20.2. The van der Waals surface area contributed by atoms with Crippen LogP contribution in [0.5, 0.6) is 11.5 Å². The van der Waals surface area contributed by atoms with E-state index in [-0.39, 0.29) is 23.9 Å². The minimum absolute atomic E-state index is 0.127. The average molecular weight is 435 g/mol. The Balaban J connectivity index is 1.38. The van der Waals surface area contributed by atoms with Crippen LogP contribution in [0, 0.1) is 6.92 Å². The smallest absolute Gasteiger partial charge is 0.255 e. The molecule has 0 saturated heterocycles. The predicted octanol–water partition coefficient (Wildman–Crippen LogP) is 5.10. The number of fused-ring (bicyclic) bond motifs is 1. The van der Waals surface area contributed by atoms with Gasteiger partial charge in [0.05, 0.1) is 5.25 Å². The zero-order valence-corrected chi connectivity index (χ0v) is 18.0. The van der Waals surface area contributed by atoms with Crippen LogP contribution in [-0.4, -0.2) is 23.9 Å². The minimum atomic E-state index is -0.340. The van der Waals surface area contributed by atoms with Gasteiger partial charge in [-0.2, -0.15) is 0 Å². The van der Waals surface area contributed by atoms with Gasteiger partial charge in [0, 0.05) is 27.9 Å². The Hall–Kier alpha value is -3.45. The minimum Gasteiger partial charge on any atom is -0.454 e. The van der Waals surface area contributed by atoms with Crippen LogP contribution >= 0.6 is 11.8 Å². The number of ether oxygens (including phenoxy) is 2. The highest BCUT2D eigenvalue weighted by Crippen LogP contribution is 2.34. The molecule has 3 aromatic rings. The molecule has 1 unspecified atom stereocenters. The summed E-state index contributed by atoms with van der Waals surface area (Å²) in [6.45, 7) is 3.93. The quantitative estimate of drug-likeness (QED) is 0.528. The first-order valence-electron chi connectivity index (χ1n) is 9.84. The second kappa shape index (κ2) is 9.14. The molecule has 0 saturated carbocycles. The van der Waals surface area contributed by atoms with Gasteiger partial charge in [0.15, 0.2) is 11.5 Å². The molecule has 1 aliphatic rings. The summed E-state index contributed by atoms with van der Waals surface area (Å²) in [5.74, 6) is 1.01. The van der Waals surface area contributed by atoms with Crippen LogP contribution in [0.1, 0.15) is 22.8 Å². The van der Waals surface area contributed by atoms with E-state index >= 15 is 0 Å². The Morgan fingerprint density at radius 3 is 2.52 bits per heavy atom. The number of amides is 2. The van der Waals surface area contributed by atoms with Gasteiger partial charge in [0.1, 0.15) is 0 Å². The molecule has 158 valence electrons. The molecule has 3 aromatic carbocycles. The van der Waals surface area contributed by atoms with Gasteiger partial charge in [-0.05, 0) is 55.8 Å². The zero-order valence-electron chi connectivity index (χ0n) is 17.2. The summed E-state index contributed by atoms with van der Waals surface area (Å²) in [4.78, 5) is 26.1. The van der Waals surface area contributed by atoms with Crippen molar-refractivity contribution in [2.75, 3.05) is 17.4 Å². The standard InChI is InChI=1S/C24H22N2O4S/c1-15-6-3-4-9-20(15)24(28)26-17-7-5-8-19(12-17)31-16(2)23(27)25-18-10-11-21-22(13-18)30-14-29-21/h3-13,16H,14H2,1-2H3,(H,25,27)(H,26,28). The Morgan fingerprint density at radius 1 is 0.903 bits per heavy atom. The molecule has 6 nitrogen and oxygen atoms in total. The van der Waals surface area contributed by atoms with Gasteiger partial charge in [0.2, 0.25) is 12.7 Å². The van der Waals surface area contributed by atoms with Crippen molar-refractivity contribution in [2.24, 2.45) is 0 Å². The largest absolute Gasteiger partial charge is 0.454 e. The van der Waals surface area contributed by atoms with Crippen LogP contribution in [0.25, 0.3) is 0 Å². The number of benzene rings is 3. The fourth-order valence-corrected chi connectivity index (χ4v) is 4.08. The maximum absolute atomic E-state index is 12.6. The lowest BCUT2D eigenvalue weighted by molar-refractivity contribution is -0.115. The molecule has 0 fully saturated rings. The molecule has 7 heteroatoms. The third kappa shape index (κ3) is 5.00. The monoisotopic (exact) mass is 434 g/mol. The average Bonchev–Trinajstić information content (AvgIpc) is 3.22. The number of hydrogen-bond donors (Lipinski definition) is 2. The van der Waals surface area contributed by atoms with E-state index in [4.69, 9.17) is 9.47 Å². The van der Waals surface area contributed by atoms with Crippen molar-refractivity contribution in [3.05, 3.63) is 77.9 Å². The summed E-state index contributed by atoms with van der Waals surface area (Å²) in [7, 11) is 0. The van der Waals surface area contributed by atoms with Gasteiger partial charge in [-0.15, -0.1) is 11.8 Å². The first-order valence-corrected chi connectivity index (χ1v) is 10.7. The van der Waals surface area contributed by atoms with Crippen LogP contribution < -0.4 is 20.1 Å². The molecular formula is C24H22N2O4S. The fraction of sp³-hybridized carbons (Fsp3) is 0.167. The van der Waals surface area contributed by atoms with Crippen LogP contribution in [0.3, 0.4) is 0 Å². The lowest BCUT2D eigenvalue weighted by Crippen LogP contribution is -2.22. The van der Waals surface area contributed by atoms with Gasteiger partial charge >= 0.3 is 0 Å². The molecule has 0 spiro atoms. The van der Waals surface area contributed by atoms with Crippen LogP contribution in [-0.2, 0) is 4.79 Å². The van der Waals surface area contributed by atoms with Gasteiger partial charge in [0.25, 0.3) is 5.91 Å². The summed E-state index contributed by atoms with van der Waals surface area (Å²) in [5, 5.41) is 5.49. The second-order valence-electron chi connectivity index (χ2n) is 7.11. The predicted molar refractivity (Wildman–Crippen MR) is 122 cm³/mol. The number of thioether (sulfide) groups is 1. The summed E-state index contributed by atoms with van der Waals surface area (Å²) < 4.78 is 10.6. The van der Waals surface area contributed by atoms with Crippen molar-refractivity contribution in [3.63, 3.8) is 0 Å². The Kier molecular flexibility index (Phi) is 6.13. The SMILES string of the molecule is Cc1ccccc1C(=O)Nc1cccc(SC(C)C(=O)Nc2ccc3c(c2)OCO3)c1. The number of rotatable bonds is 6. The highest BCUT2D eigenvalue weighted by molar-refractivity contribution is 8.00. The number of anilines is 2. The Bertz CT molecular complexity index is 1130. The lowest BCUT2D eigenvalue weighted by Gasteiger charge is -2.13. The highest BCUT2D eigenvalue weighted by Gasteiger charge is 2.18. The van der Waals surface area contributed by atoms with Crippen LogP contribution in [0.15, 0.2) is 71.6 Å². The normalized spacial score (nSPS) is 12.8. The maximum atomic E-state index is 12.6.